The molecule has 2 fully saturated rings. The van der Waals surface area contributed by atoms with Crippen molar-refractivity contribution < 1.29 is 4.74 Å². The smallest absolute Gasteiger partial charge is 0.137 e. The Hall–Kier alpha value is -1.34. The predicted octanol–water partition coefficient (Wildman–Crippen LogP) is 1.97. The minimum atomic E-state index is 0. The summed E-state index contributed by atoms with van der Waals surface area (Å²) in [7, 11) is 1.72. The highest BCUT2D eigenvalue weighted by atomic mass is 35.5. The van der Waals surface area contributed by atoms with E-state index in [1.54, 1.807) is 19.8 Å². The van der Waals surface area contributed by atoms with Crippen LogP contribution < -0.4 is 10.1 Å². The van der Waals surface area contributed by atoms with Gasteiger partial charge in [0, 0.05) is 24.7 Å². The van der Waals surface area contributed by atoms with Crippen LogP contribution in [0.2, 0.25) is 0 Å². The molecule has 0 amide bonds. The van der Waals surface area contributed by atoms with Crippen LogP contribution in [-0.2, 0) is 13.1 Å². The molecule has 0 saturated carbocycles. The van der Waals surface area contributed by atoms with Crippen LogP contribution in [0.15, 0.2) is 30.9 Å². The van der Waals surface area contributed by atoms with Crippen molar-refractivity contribution in [3.8, 4) is 5.75 Å². The van der Waals surface area contributed by atoms with Crippen molar-refractivity contribution >= 4 is 24.8 Å². The lowest BCUT2D eigenvalue weighted by Crippen LogP contribution is -2.33. The molecular weight excluding hydrogens is 361 g/mol. The van der Waals surface area contributed by atoms with Crippen LogP contribution >= 0.6 is 24.8 Å². The molecule has 2 aliphatic heterocycles. The number of benzene rings is 1. The quantitative estimate of drug-likeness (QED) is 0.852. The molecule has 0 unspecified atom stereocenters. The van der Waals surface area contributed by atoms with Gasteiger partial charge in [-0.15, -0.1) is 24.8 Å². The lowest BCUT2D eigenvalue weighted by Gasteiger charge is -2.23. The molecule has 0 radical (unpaired) electrons. The predicted molar refractivity (Wildman–Crippen MR) is 102 cm³/mol. The van der Waals surface area contributed by atoms with E-state index in [0.29, 0.717) is 12.6 Å². The number of rotatable bonds is 5. The zero-order valence-corrected chi connectivity index (χ0v) is 15.9. The number of methoxy groups -OCH3 is 1. The largest absolute Gasteiger partial charge is 0.496 e. The highest BCUT2D eigenvalue weighted by molar-refractivity contribution is 5.85. The number of hydrogen-bond donors (Lipinski definition) is 1. The summed E-state index contributed by atoms with van der Waals surface area (Å²) >= 11 is 0. The molecule has 0 bridgehead atoms. The van der Waals surface area contributed by atoms with Crippen molar-refractivity contribution in [2.75, 3.05) is 26.7 Å². The van der Waals surface area contributed by atoms with Gasteiger partial charge in [-0.1, -0.05) is 6.07 Å². The average Bonchev–Trinajstić information content (AvgIpc) is 3.27. The number of ether oxygens (including phenoxy) is 1. The first-order valence-corrected chi connectivity index (χ1v) is 8.26. The molecule has 6 nitrogen and oxygen atoms in total. The molecule has 1 N–H and O–H groups in total. The zero-order valence-electron chi connectivity index (χ0n) is 14.3. The normalized spacial score (nSPS) is 22.1. The number of hydrogen-bond acceptors (Lipinski definition) is 5. The highest BCUT2D eigenvalue weighted by Gasteiger charge is 2.37. The van der Waals surface area contributed by atoms with Crippen molar-refractivity contribution in [1.82, 2.24) is 25.0 Å². The first-order valence-electron chi connectivity index (χ1n) is 8.26. The van der Waals surface area contributed by atoms with Crippen molar-refractivity contribution in [2.45, 2.75) is 25.6 Å². The van der Waals surface area contributed by atoms with Gasteiger partial charge in [0.1, 0.15) is 18.4 Å². The Kier molecular flexibility index (Phi) is 7.07. The average molecular weight is 386 g/mol. The van der Waals surface area contributed by atoms with Gasteiger partial charge in [-0.3, -0.25) is 4.90 Å². The van der Waals surface area contributed by atoms with E-state index in [9.17, 15) is 0 Å². The molecule has 2 saturated heterocycles. The molecule has 2 aliphatic rings. The maximum atomic E-state index is 5.50. The molecule has 0 spiro atoms. The first kappa shape index (κ1) is 20.0. The summed E-state index contributed by atoms with van der Waals surface area (Å²) in [5, 5.41) is 7.71. The van der Waals surface area contributed by atoms with Crippen LogP contribution in [0.5, 0.6) is 5.75 Å². The topological polar surface area (TPSA) is 55.2 Å². The summed E-state index contributed by atoms with van der Waals surface area (Å²) in [5.74, 6) is 1.74. The van der Waals surface area contributed by atoms with E-state index in [4.69, 9.17) is 4.74 Å². The van der Waals surface area contributed by atoms with Gasteiger partial charge in [0.15, 0.2) is 0 Å². The van der Waals surface area contributed by atoms with E-state index in [1.807, 2.05) is 4.68 Å². The van der Waals surface area contributed by atoms with E-state index >= 15 is 0 Å². The zero-order chi connectivity index (χ0) is 15.6. The molecule has 1 aromatic heterocycles. The summed E-state index contributed by atoms with van der Waals surface area (Å²) < 4.78 is 7.33. The Morgan fingerprint density at radius 3 is 2.88 bits per heavy atom. The molecule has 8 heteroatoms. The minimum absolute atomic E-state index is 0. The summed E-state index contributed by atoms with van der Waals surface area (Å²) in [5.41, 5.74) is 2.49. The van der Waals surface area contributed by atoms with Gasteiger partial charge < -0.3 is 10.1 Å². The standard InChI is InChI=1S/C17H23N5O.2ClH/c1-23-17-3-2-13(6-15(17)10-22-12-19-11-20-22)9-21-5-4-14-7-18-8-16(14)21;;/h2-3,6,11-12,14,16,18H,4-5,7-10H2,1H3;2*1H/t14-,16+;;/m0../s1. The Morgan fingerprint density at radius 1 is 1.24 bits per heavy atom. The maximum absolute atomic E-state index is 5.50. The molecule has 3 heterocycles. The van der Waals surface area contributed by atoms with Crippen LogP contribution in [0.1, 0.15) is 17.5 Å². The van der Waals surface area contributed by atoms with Crippen LogP contribution in [-0.4, -0.2) is 52.5 Å². The lowest BCUT2D eigenvalue weighted by atomic mass is 10.0. The fourth-order valence-corrected chi connectivity index (χ4v) is 3.91. The second-order valence-electron chi connectivity index (χ2n) is 6.48. The molecule has 1 aromatic carbocycles. The molecule has 138 valence electrons. The van der Waals surface area contributed by atoms with Crippen LogP contribution in [0.3, 0.4) is 0 Å². The van der Waals surface area contributed by atoms with E-state index in [1.165, 1.54) is 25.1 Å². The number of aromatic nitrogens is 3. The van der Waals surface area contributed by atoms with E-state index in [2.05, 4.69) is 38.5 Å². The summed E-state index contributed by atoms with van der Waals surface area (Å²) in [6.45, 7) is 5.22. The number of likely N-dealkylation sites (tertiary alicyclic amines) is 1. The third-order valence-electron chi connectivity index (χ3n) is 5.09. The second-order valence-corrected chi connectivity index (χ2v) is 6.48. The van der Waals surface area contributed by atoms with E-state index < -0.39 is 0 Å². The highest BCUT2D eigenvalue weighted by Crippen LogP contribution is 2.29. The molecule has 4 rings (SSSR count). The van der Waals surface area contributed by atoms with Crippen molar-refractivity contribution in [2.24, 2.45) is 5.92 Å². The first-order chi connectivity index (χ1) is 11.3. The number of halogens is 2. The van der Waals surface area contributed by atoms with Gasteiger partial charge in [0.2, 0.25) is 0 Å². The van der Waals surface area contributed by atoms with Crippen LogP contribution in [0.4, 0.5) is 0 Å². The van der Waals surface area contributed by atoms with Gasteiger partial charge in [0.05, 0.1) is 13.7 Å². The SMILES string of the molecule is COc1ccc(CN2CC[C@H]3CNC[C@H]32)cc1Cn1cncn1.Cl.Cl. The lowest BCUT2D eigenvalue weighted by molar-refractivity contribution is 0.244. The third kappa shape index (κ3) is 4.26. The Balaban J connectivity index is 0.00000113. The van der Waals surface area contributed by atoms with Gasteiger partial charge in [-0.2, -0.15) is 5.10 Å². The van der Waals surface area contributed by atoms with Crippen molar-refractivity contribution in [1.29, 1.82) is 0 Å². The molecule has 2 atom stereocenters. The van der Waals surface area contributed by atoms with Gasteiger partial charge in [0.25, 0.3) is 0 Å². The fraction of sp³-hybridized carbons (Fsp3) is 0.529. The Bertz CT molecular complexity index is 667. The van der Waals surface area contributed by atoms with Crippen molar-refractivity contribution in [3.05, 3.63) is 42.0 Å². The molecule has 0 aliphatic carbocycles. The molecule has 2 aromatic rings. The summed E-state index contributed by atoms with van der Waals surface area (Å²) in [6.07, 6.45) is 4.62. The summed E-state index contributed by atoms with van der Waals surface area (Å²) in [6, 6.07) is 7.20. The van der Waals surface area contributed by atoms with Crippen LogP contribution in [0, 0.1) is 5.92 Å². The number of nitrogens with zero attached hydrogens (tertiary/aromatic N) is 4. The summed E-state index contributed by atoms with van der Waals surface area (Å²) in [4.78, 5) is 6.63. The van der Waals surface area contributed by atoms with E-state index in [0.717, 1.165) is 30.3 Å². The van der Waals surface area contributed by atoms with Gasteiger partial charge in [-0.25, -0.2) is 9.67 Å². The number of fused-ring (bicyclic) bond motifs is 1. The van der Waals surface area contributed by atoms with E-state index in [-0.39, 0.29) is 24.8 Å². The molecule has 25 heavy (non-hydrogen) atoms. The fourth-order valence-electron chi connectivity index (χ4n) is 3.91. The van der Waals surface area contributed by atoms with Gasteiger partial charge in [-0.05, 0) is 43.1 Å². The maximum Gasteiger partial charge on any atom is 0.137 e. The molecular formula is C17H25Cl2N5O. The van der Waals surface area contributed by atoms with Gasteiger partial charge >= 0.3 is 0 Å². The van der Waals surface area contributed by atoms with Crippen LogP contribution in [0.25, 0.3) is 0 Å². The Morgan fingerprint density at radius 2 is 2.12 bits per heavy atom. The third-order valence-corrected chi connectivity index (χ3v) is 5.09. The van der Waals surface area contributed by atoms with Crippen molar-refractivity contribution in [3.63, 3.8) is 0 Å². The monoisotopic (exact) mass is 385 g/mol. The Labute approximate surface area is 160 Å². The second kappa shape index (κ2) is 8.85. The minimum Gasteiger partial charge on any atom is -0.496 e. The number of nitrogens with one attached hydrogen (secondary N) is 1.